The van der Waals surface area contributed by atoms with Gasteiger partial charge in [-0.25, -0.2) is 4.98 Å². The van der Waals surface area contributed by atoms with Crippen molar-refractivity contribution in [2.45, 2.75) is 26.2 Å². The van der Waals surface area contributed by atoms with Crippen LogP contribution in [0.25, 0.3) is 0 Å². The Bertz CT molecular complexity index is 709. The summed E-state index contributed by atoms with van der Waals surface area (Å²) in [7, 11) is 0. The average molecular weight is 358 g/mol. The van der Waals surface area contributed by atoms with E-state index < -0.39 is 0 Å². The first-order chi connectivity index (χ1) is 12.1. The maximum Gasteiger partial charge on any atom is 0.255 e. The number of hydrogen-bond acceptors (Lipinski definition) is 3. The number of halogens is 1. The van der Waals surface area contributed by atoms with Crippen molar-refractivity contribution in [3.8, 4) is 0 Å². The van der Waals surface area contributed by atoms with Crippen LogP contribution in [0.4, 0.5) is 5.82 Å². The number of piperidine rings is 1. The number of anilines is 1. The summed E-state index contributed by atoms with van der Waals surface area (Å²) in [5.41, 5.74) is 1.85. The summed E-state index contributed by atoms with van der Waals surface area (Å²) < 4.78 is 0. The molecule has 0 saturated carbocycles. The monoisotopic (exact) mass is 357 g/mol. The zero-order chi connectivity index (χ0) is 17.6. The van der Waals surface area contributed by atoms with Gasteiger partial charge in [0.05, 0.1) is 5.56 Å². The van der Waals surface area contributed by atoms with Crippen molar-refractivity contribution in [2.75, 3.05) is 25.0 Å². The number of likely N-dealkylation sites (tertiary alicyclic amines) is 1. The molecule has 0 bridgehead atoms. The summed E-state index contributed by atoms with van der Waals surface area (Å²) >= 11 is 5.99. The quantitative estimate of drug-likeness (QED) is 0.869. The van der Waals surface area contributed by atoms with Crippen molar-refractivity contribution in [2.24, 2.45) is 5.92 Å². The van der Waals surface area contributed by atoms with Crippen LogP contribution < -0.4 is 5.32 Å². The molecule has 0 spiro atoms. The number of nitrogens with one attached hydrogen (secondary N) is 1. The second-order valence-electron chi connectivity index (χ2n) is 6.71. The normalized spacial score (nSPS) is 15.2. The summed E-state index contributed by atoms with van der Waals surface area (Å²) in [6.45, 7) is 4.71. The van der Waals surface area contributed by atoms with E-state index in [1.807, 2.05) is 35.2 Å². The Morgan fingerprint density at radius 3 is 2.76 bits per heavy atom. The highest BCUT2D eigenvalue weighted by Gasteiger charge is 2.21. The largest absolute Gasteiger partial charge is 0.370 e. The van der Waals surface area contributed by atoms with Gasteiger partial charge in [0.25, 0.3) is 5.91 Å². The predicted octanol–water partition coefficient (Wildman–Crippen LogP) is 4.26. The minimum absolute atomic E-state index is 0.0878. The number of carbonyl (C=O) groups excluding carboxylic acids is 1. The number of nitrogens with zero attached hydrogens (tertiary/aromatic N) is 2. The van der Waals surface area contributed by atoms with Crippen LogP contribution in [0.15, 0.2) is 42.6 Å². The molecule has 0 unspecified atom stereocenters. The smallest absolute Gasteiger partial charge is 0.255 e. The van der Waals surface area contributed by atoms with Crippen LogP contribution in [0.1, 0.15) is 35.7 Å². The summed E-state index contributed by atoms with van der Waals surface area (Å²) in [6.07, 6.45) is 4.71. The number of pyridine rings is 1. The van der Waals surface area contributed by atoms with Crippen LogP contribution in [0, 0.1) is 5.92 Å². The lowest BCUT2D eigenvalue weighted by atomic mass is 9.99. The highest BCUT2D eigenvalue weighted by molar-refractivity contribution is 6.30. The maximum atomic E-state index is 12.5. The van der Waals surface area contributed by atoms with Crippen LogP contribution in [0.3, 0.4) is 0 Å². The Morgan fingerprint density at radius 2 is 2.08 bits per heavy atom. The first kappa shape index (κ1) is 17.7. The van der Waals surface area contributed by atoms with Crippen molar-refractivity contribution in [3.05, 3.63) is 58.7 Å². The molecule has 1 saturated heterocycles. The van der Waals surface area contributed by atoms with Gasteiger partial charge in [0.15, 0.2) is 0 Å². The van der Waals surface area contributed by atoms with Crippen molar-refractivity contribution in [3.63, 3.8) is 0 Å². The van der Waals surface area contributed by atoms with Crippen molar-refractivity contribution in [1.82, 2.24) is 9.88 Å². The third-order valence-electron chi connectivity index (χ3n) is 4.69. The van der Waals surface area contributed by atoms with Crippen LogP contribution in [0.5, 0.6) is 0 Å². The van der Waals surface area contributed by atoms with Crippen molar-refractivity contribution in [1.29, 1.82) is 0 Å². The molecule has 0 aliphatic carbocycles. The zero-order valence-electron chi connectivity index (χ0n) is 14.5. The fourth-order valence-electron chi connectivity index (χ4n) is 3.05. The predicted molar refractivity (Wildman–Crippen MR) is 102 cm³/mol. The van der Waals surface area contributed by atoms with Gasteiger partial charge in [-0.3, -0.25) is 4.79 Å². The summed E-state index contributed by atoms with van der Waals surface area (Å²) in [6, 6.07) is 11.6. The van der Waals surface area contributed by atoms with E-state index in [4.69, 9.17) is 11.6 Å². The SMILES string of the molecule is CC1CCN(C(=O)c2ccc(NCCc3cccc(Cl)c3)nc2)CC1. The molecule has 1 fully saturated rings. The Morgan fingerprint density at radius 1 is 1.28 bits per heavy atom. The van der Waals surface area contributed by atoms with Crippen LogP contribution in [0.2, 0.25) is 5.02 Å². The molecule has 1 aliphatic rings. The van der Waals surface area contributed by atoms with E-state index >= 15 is 0 Å². The minimum Gasteiger partial charge on any atom is -0.370 e. The molecule has 3 rings (SSSR count). The van der Waals surface area contributed by atoms with E-state index in [0.29, 0.717) is 11.5 Å². The molecule has 1 amide bonds. The van der Waals surface area contributed by atoms with E-state index in [1.165, 1.54) is 5.56 Å². The van der Waals surface area contributed by atoms with E-state index in [2.05, 4.69) is 23.3 Å². The Labute approximate surface area is 154 Å². The van der Waals surface area contributed by atoms with Crippen LogP contribution in [-0.4, -0.2) is 35.4 Å². The molecule has 0 radical (unpaired) electrons. The lowest BCUT2D eigenvalue weighted by Crippen LogP contribution is -2.37. The molecular formula is C20H24ClN3O. The van der Waals surface area contributed by atoms with Gasteiger partial charge in [0.2, 0.25) is 0 Å². The first-order valence-corrected chi connectivity index (χ1v) is 9.23. The van der Waals surface area contributed by atoms with Crippen LogP contribution in [-0.2, 0) is 6.42 Å². The fourth-order valence-corrected chi connectivity index (χ4v) is 3.26. The molecule has 1 N–H and O–H groups in total. The lowest BCUT2D eigenvalue weighted by molar-refractivity contribution is 0.0697. The van der Waals surface area contributed by atoms with Gasteiger partial charge in [-0.2, -0.15) is 0 Å². The van der Waals surface area contributed by atoms with Gasteiger partial charge in [0, 0.05) is 30.9 Å². The second-order valence-corrected chi connectivity index (χ2v) is 7.15. The number of carbonyl (C=O) groups is 1. The molecule has 25 heavy (non-hydrogen) atoms. The Balaban J connectivity index is 1.51. The lowest BCUT2D eigenvalue weighted by Gasteiger charge is -2.30. The molecule has 1 aromatic carbocycles. The molecule has 1 aliphatic heterocycles. The Kier molecular flexibility index (Phi) is 5.92. The molecule has 132 valence electrons. The Hall–Kier alpha value is -2.07. The molecule has 5 heteroatoms. The van der Waals surface area contributed by atoms with Gasteiger partial charge in [-0.15, -0.1) is 0 Å². The number of hydrogen-bond donors (Lipinski definition) is 1. The molecule has 0 atom stereocenters. The van der Waals surface area contributed by atoms with Gasteiger partial charge in [-0.05, 0) is 55.0 Å². The highest BCUT2D eigenvalue weighted by atomic mass is 35.5. The third-order valence-corrected chi connectivity index (χ3v) is 4.93. The maximum absolute atomic E-state index is 12.5. The molecule has 1 aromatic heterocycles. The first-order valence-electron chi connectivity index (χ1n) is 8.85. The summed E-state index contributed by atoms with van der Waals surface area (Å²) in [4.78, 5) is 18.8. The molecule has 2 heterocycles. The van der Waals surface area contributed by atoms with Gasteiger partial charge < -0.3 is 10.2 Å². The zero-order valence-corrected chi connectivity index (χ0v) is 15.3. The van der Waals surface area contributed by atoms with E-state index in [0.717, 1.165) is 49.7 Å². The molecular weight excluding hydrogens is 334 g/mol. The minimum atomic E-state index is 0.0878. The topological polar surface area (TPSA) is 45.2 Å². The number of benzene rings is 1. The van der Waals surface area contributed by atoms with E-state index in [9.17, 15) is 4.79 Å². The van der Waals surface area contributed by atoms with E-state index in [-0.39, 0.29) is 5.91 Å². The second kappa shape index (κ2) is 8.34. The van der Waals surface area contributed by atoms with Gasteiger partial charge in [-0.1, -0.05) is 30.7 Å². The molecule has 4 nitrogen and oxygen atoms in total. The summed E-state index contributed by atoms with van der Waals surface area (Å²) in [5, 5.41) is 4.04. The number of amides is 1. The van der Waals surface area contributed by atoms with E-state index in [1.54, 1.807) is 6.20 Å². The number of aromatic nitrogens is 1. The fraction of sp³-hybridized carbons (Fsp3) is 0.400. The standard InChI is InChI=1S/C20H24ClN3O/c1-15-8-11-24(12-9-15)20(25)17-5-6-19(23-14-17)22-10-7-16-3-2-4-18(21)13-16/h2-6,13-15H,7-12H2,1H3,(H,22,23). The van der Waals surface area contributed by atoms with Crippen molar-refractivity contribution >= 4 is 23.3 Å². The highest BCUT2D eigenvalue weighted by Crippen LogP contribution is 2.18. The van der Waals surface area contributed by atoms with Gasteiger partial charge in [0.1, 0.15) is 5.82 Å². The molecule has 2 aromatic rings. The van der Waals surface area contributed by atoms with Crippen LogP contribution >= 0.6 is 11.6 Å². The third kappa shape index (κ3) is 4.95. The summed E-state index contributed by atoms with van der Waals surface area (Å²) in [5.74, 6) is 1.59. The number of rotatable bonds is 5. The van der Waals surface area contributed by atoms with Gasteiger partial charge >= 0.3 is 0 Å². The van der Waals surface area contributed by atoms with Crippen molar-refractivity contribution < 1.29 is 4.79 Å². The average Bonchev–Trinajstić information content (AvgIpc) is 2.62.